The highest BCUT2D eigenvalue weighted by Crippen LogP contribution is 2.45. The van der Waals surface area contributed by atoms with E-state index in [2.05, 4.69) is 118 Å². The second-order valence-electron chi connectivity index (χ2n) is 23.7. The molecule has 0 amide bonds. The van der Waals surface area contributed by atoms with E-state index in [0.717, 1.165) is 122 Å². The Hall–Kier alpha value is -3.53. The molecule has 0 heterocycles. The molecule has 0 aliphatic rings. The Balaban J connectivity index is 4.48. The standard InChI is InChI=1S/C73H128O16P2/c1-4-7-10-13-16-19-22-24-26-28-29-30-31-32-33-34-35-36-37-39-41-42-45-47-50-53-56-59-71(76)83-62-68(74)63-85-90(79,80)86-64-69(75)65-87-91(81,82)88-67-70(89-73(78)61-58-55-52-49-44-21-18-15-12-9-6-3)66-84-72(77)60-57-54-51-48-46-43-40-38-27-25-23-20-17-14-11-8-5-2/h8,11,16-17,19-20,24-27,29-30,32-33,40,43,68-70,74-75H,4-7,9-10,12-15,18,21-23,28,31,34-39,41-42,44-67H2,1-3H3,(H,79,80)(H,81,82)/b11-8-,19-16-,20-17-,26-24-,27-25-,30-29-,33-32-,43-40-. The van der Waals surface area contributed by atoms with E-state index in [-0.39, 0.29) is 19.3 Å². The Bertz CT molecular complexity index is 2050. The minimum absolute atomic E-state index is 0.101. The molecule has 0 spiro atoms. The molecule has 0 rings (SSSR count). The highest BCUT2D eigenvalue weighted by atomic mass is 31.2. The fourth-order valence-electron chi connectivity index (χ4n) is 9.37. The Morgan fingerprint density at radius 3 is 0.945 bits per heavy atom. The predicted molar refractivity (Wildman–Crippen MR) is 371 cm³/mol. The van der Waals surface area contributed by atoms with Crippen LogP contribution in [0.2, 0.25) is 0 Å². The SMILES string of the molecule is CC/C=C\C/C=C\C/C=C\C/C=C\CCCCCCC(=O)OCC(COP(=O)(O)OCC(O)COP(=O)(O)OCC(O)COC(=O)CCCCCCCCCCCCC/C=C\C/C=C\C/C=C\C/C=C\CCCCC)OC(=O)CCCCCCCCCCCCC. The van der Waals surface area contributed by atoms with Crippen molar-refractivity contribution in [3.63, 3.8) is 0 Å². The van der Waals surface area contributed by atoms with Crippen molar-refractivity contribution in [2.24, 2.45) is 0 Å². The van der Waals surface area contributed by atoms with Crippen LogP contribution in [0, 0.1) is 0 Å². The minimum Gasteiger partial charge on any atom is -0.463 e. The van der Waals surface area contributed by atoms with Gasteiger partial charge in [0.2, 0.25) is 0 Å². The maximum atomic E-state index is 12.9. The van der Waals surface area contributed by atoms with E-state index in [1.54, 1.807) is 0 Å². The summed E-state index contributed by atoms with van der Waals surface area (Å²) >= 11 is 0. The van der Waals surface area contributed by atoms with Crippen LogP contribution in [0.5, 0.6) is 0 Å². The summed E-state index contributed by atoms with van der Waals surface area (Å²) in [6.45, 7) is 2.50. The van der Waals surface area contributed by atoms with Crippen LogP contribution in [0.15, 0.2) is 97.2 Å². The van der Waals surface area contributed by atoms with Gasteiger partial charge in [-0.2, -0.15) is 0 Å². The van der Waals surface area contributed by atoms with Crippen molar-refractivity contribution < 1.29 is 75.8 Å². The zero-order chi connectivity index (χ0) is 66.7. The number of allylic oxidation sites excluding steroid dienone is 16. The number of phosphoric ester groups is 2. The first kappa shape index (κ1) is 87.5. The first-order valence-electron chi connectivity index (χ1n) is 35.5. The third kappa shape index (κ3) is 67.7. The summed E-state index contributed by atoms with van der Waals surface area (Å²) in [6.07, 6.45) is 73.3. The molecule has 526 valence electrons. The van der Waals surface area contributed by atoms with E-state index < -0.39 is 91.5 Å². The lowest BCUT2D eigenvalue weighted by Gasteiger charge is -2.21. The van der Waals surface area contributed by atoms with Gasteiger partial charge >= 0.3 is 33.6 Å². The summed E-state index contributed by atoms with van der Waals surface area (Å²) in [4.78, 5) is 58.3. The Labute approximate surface area is 552 Å². The molecule has 4 N–H and O–H groups in total. The van der Waals surface area contributed by atoms with Gasteiger partial charge in [-0.25, -0.2) is 9.13 Å². The smallest absolute Gasteiger partial charge is 0.463 e. The molecule has 0 aliphatic heterocycles. The van der Waals surface area contributed by atoms with Crippen molar-refractivity contribution in [2.45, 2.75) is 309 Å². The highest BCUT2D eigenvalue weighted by molar-refractivity contribution is 7.47. The Kier molecular flexibility index (Phi) is 63.9. The van der Waals surface area contributed by atoms with E-state index in [4.69, 9.17) is 32.3 Å². The summed E-state index contributed by atoms with van der Waals surface area (Å²) < 4.78 is 60.8. The van der Waals surface area contributed by atoms with E-state index in [0.29, 0.717) is 19.3 Å². The van der Waals surface area contributed by atoms with Crippen molar-refractivity contribution in [2.75, 3.05) is 39.6 Å². The van der Waals surface area contributed by atoms with Crippen molar-refractivity contribution in [3.05, 3.63) is 97.2 Å². The lowest BCUT2D eigenvalue weighted by atomic mass is 10.0. The lowest BCUT2D eigenvalue weighted by Crippen LogP contribution is -2.30. The van der Waals surface area contributed by atoms with E-state index in [1.165, 1.54) is 109 Å². The lowest BCUT2D eigenvalue weighted by molar-refractivity contribution is -0.161. The molecular weight excluding hydrogens is 1190 g/mol. The number of aliphatic hydroxyl groups excluding tert-OH is 2. The Morgan fingerprint density at radius 1 is 0.319 bits per heavy atom. The van der Waals surface area contributed by atoms with Gasteiger partial charge in [0.15, 0.2) is 6.10 Å². The van der Waals surface area contributed by atoms with Gasteiger partial charge in [-0.05, 0) is 103 Å². The number of phosphoric acid groups is 2. The molecular formula is C73H128O16P2. The maximum Gasteiger partial charge on any atom is 0.472 e. The normalized spacial score (nSPS) is 14.8. The Morgan fingerprint density at radius 2 is 0.582 bits per heavy atom. The van der Waals surface area contributed by atoms with Crippen LogP contribution >= 0.6 is 15.6 Å². The first-order valence-corrected chi connectivity index (χ1v) is 38.5. The minimum atomic E-state index is -4.92. The summed E-state index contributed by atoms with van der Waals surface area (Å²) in [6, 6.07) is 0. The van der Waals surface area contributed by atoms with E-state index >= 15 is 0 Å². The number of ether oxygens (including phenoxy) is 3. The van der Waals surface area contributed by atoms with Crippen LogP contribution in [0.4, 0.5) is 0 Å². The van der Waals surface area contributed by atoms with Crippen molar-refractivity contribution in [1.82, 2.24) is 0 Å². The number of esters is 3. The second kappa shape index (κ2) is 66.5. The molecule has 0 fully saturated rings. The topological polar surface area (TPSA) is 231 Å². The van der Waals surface area contributed by atoms with Gasteiger partial charge in [0, 0.05) is 19.3 Å². The third-order valence-electron chi connectivity index (χ3n) is 14.8. The van der Waals surface area contributed by atoms with Gasteiger partial charge < -0.3 is 34.2 Å². The quantitative estimate of drug-likeness (QED) is 0.0146. The van der Waals surface area contributed by atoms with Crippen molar-refractivity contribution >= 4 is 33.6 Å². The van der Waals surface area contributed by atoms with Crippen LogP contribution in [0.3, 0.4) is 0 Å². The molecule has 0 saturated carbocycles. The van der Waals surface area contributed by atoms with E-state index in [9.17, 15) is 43.5 Å². The van der Waals surface area contributed by atoms with Crippen molar-refractivity contribution in [1.29, 1.82) is 0 Å². The molecule has 0 aliphatic carbocycles. The van der Waals surface area contributed by atoms with Crippen LogP contribution in [0.1, 0.15) is 290 Å². The summed E-state index contributed by atoms with van der Waals surface area (Å²) in [7, 11) is -9.77. The molecule has 16 nitrogen and oxygen atoms in total. The molecule has 5 unspecified atom stereocenters. The fraction of sp³-hybridized carbons (Fsp3) is 0.740. The van der Waals surface area contributed by atoms with Gasteiger partial charge in [-0.15, -0.1) is 0 Å². The summed E-state index contributed by atoms with van der Waals surface area (Å²) in [5.41, 5.74) is 0. The fourth-order valence-corrected chi connectivity index (χ4v) is 11.0. The zero-order valence-electron chi connectivity index (χ0n) is 57.0. The van der Waals surface area contributed by atoms with Crippen LogP contribution in [-0.4, -0.2) is 95.9 Å². The van der Waals surface area contributed by atoms with Crippen molar-refractivity contribution in [3.8, 4) is 0 Å². The number of hydrogen-bond acceptors (Lipinski definition) is 14. The number of unbranched alkanes of at least 4 members (excludes halogenated alkanes) is 28. The summed E-state index contributed by atoms with van der Waals surface area (Å²) in [5, 5.41) is 20.6. The van der Waals surface area contributed by atoms with Gasteiger partial charge in [-0.3, -0.25) is 32.5 Å². The molecule has 18 heteroatoms. The van der Waals surface area contributed by atoms with Gasteiger partial charge in [0.05, 0.1) is 26.4 Å². The number of hydrogen-bond donors (Lipinski definition) is 4. The highest BCUT2D eigenvalue weighted by Gasteiger charge is 2.29. The molecule has 0 aromatic rings. The van der Waals surface area contributed by atoms with E-state index in [1.807, 2.05) is 0 Å². The van der Waals surface area contributed by atoms with Gasteiger partial charge in [0.1, 0.15) is 25.4 Å². The molecule has 0 bridgehead atoms. The van der Waals surface area contributed by atoms with Gasteiger partial charge in [0.25, 0.3) is 0 Å². The van der Waals surface area contributed by atoms with Crippen LogP contribution in [0.25, 0.3) is 0 Å². The summed E-state index contributed by atoms with van der Waals surface area (Å²) in [5.74, 6) is -1.60. The average Bonchev–Trinajstić information content (AvgIpc) is 3.61. The second-order valence-corrected chi connectivity index (χ2v) is 26.6. The number of carbonyl (C=O) groups excluding carboxylic acids is 3. The molecule has 91 heavy (non-hydrogen) atoms. The van der Waals surface area contributed by atoms with Gasteiger partial charge in [-0.1, -0.05) is 266 Å². The largest absolute Gasteiger partial charge is 0.472 e. The zero-order valence-corrected chi connectivity index (χ0v) is 58.8. The maximum absolute atomic E-state index is 12.9. The predicted octanol–water partition coefficient (Wildman–Crippen LogP) is 19.9. The third-order valence-corrected chi connectivity index (χ3v) is 16.7. The molecule has 5 atom stereocenters. The van der Waals surface area contributed by atoms with Crippen LogP contribution < -0.4 is 0 Å². The monoisotopic (exact) mass is 1320 g/mol. The number of rotatable bonds is 67. The first-order chi connectivity index (χ1) is 44.2. The average molecular weight is 1320 g/mol. The number of carbonyl (C=O) groups is 3. The van der Waals surface area contributed by atoms with Crippen LogP contribution in [-0.2, 0) is 55.8 Å². The number of aliphatic hydroxyl groups is 2. The molecule has 0 aromatic heterocycles. The molecule has 0 aromatic carbocycles. The molecule has 0 saturated heterocycles. The molecule has 0 radical (unpaired) electrons.